The second-order valence-electron chi connectivity index (χ2n) is 4.80. The van der Waals surface area contributed by atoms with Gasteiger partial charge in [-0.2, -0.15) is 0 Å². The molecule has 22 heavy (non-hydrogen) atoms. The number of amides is 1. The summed E-state index contributed by atoms with van der Waals surface area (Å²) in [5.74, 6) is -0.318. The number of nitrogens with one attached hydrogen (secondary N) is 1. The molecule has 0 saturated carbocycles. The standard InChI is InChI=1S/C16H16ClNO3S/c1-22(21)14-4-2-3-13(9-14)18-16(20)10-15(19)11-5-7-12(17)8-6-11/h2-9,15,19H,10H2,1H3,(H,18,20)/t15-,22+/m1/s1. The van der Waals surface area contributed by atoms with Crippen molar-refractivity contribution in [3.8, 4) is 0 Å². The van der Waals surface area contributed by atoms with Gasteiger partial charge in [0.25, 0.3) is 0 Å². The predicted molar refractivity (Wildman–Crippen MR) is 88.4 cm³/mol. The molecule has 2 rings (SSSR count). The summed E-state index contributed by atoms with van der Waals surface area (Å²) in [4.78, 5) is 12.6. The Bertz CT molecular complexity index is 688. The number of carbonyl (C=O) groups is 1. The fourth-order valence-corrected chi connectivity index (χ4v) is 2.63. The van der Waals surface area contributed by atoms with E-state index in [2.05, 4.69) is 5.32 Å². The van der Waals surface area contributed by atoms with Crippen molar-refractivity contribution in [2.24, 2.45) is 0 Å². The average Bonchev–Trinajstić information content (AvgIpc) is 2.47. The van der Waals surface area contributed by atoms with Crippen LogP contribution in [-0.4, -0.2) is 21.5 Å². The van der Waals surface area contributed by atoms with E-state index in [1.54, 1.807) is 54.8 Å². The minimum atomic E-state index is -1.11. The Morgan fingerprint density at radius 3 is 2.59 bits per heavy atom. The van der Waals surface area contributed by atoms with Crippen LogP contribution in [0.4, 0.5) is 5.69 Å². The molecule has 116 valence electrons. The van der Waals surface area contributed by atoms with Gasteiger partial charge in [0.2, 0.25) is 5.91 Å². The van der Waals surface area contributed by atoms with Crippen LogP contribution in [0.15, 0.2) is 53.4 Å². The number of benzene rings is 2. The normalized spacial score (nSPS) is 13.4. The zero-order valence-electron chi connectivity index (χ0n) is 12.0. The second-order valence-corrected chi connectivity index (χ2v) is 6.62. The Kier molecular flexibility index (Phi) is 5.71. The van der Waals surface area contributed by atoms with Gasteiger partial charge in [0, 0.05) is 32.7 Å². The first-order valence-corrected chi connectivity index (χ1v) is 8.56. The van der Waals surface area contributed by atoms with Gasteiger partial charge in [0.15, 0.2) is 0 Å². The first kappa shape index (κ1) is 16.7. The molecule has 0 aliphatic carbocycles. The monoisotopic (exact) mass is 337 g/mol. The Labute approximate surface area is 136 Å². The molecule has 0 saturated heterocycles. The summed E-state index contributed by atoms with van der Waals surface area (Å²) in [5.41, 5.74) is 1.18. The van der Waals surface area contributed by atoms with Crippen LogP contribution in [0.1, 0.15) is 18.1 Å². The third kappa shape index (κ3) is 4.66. The first-order chi connectivity index (χ1) is 10.5. The van der Waals surface area contributed by atoms with Crippen molar-refractivity contribution in [2.75, 3.05) is 11.6 Å². The van der Waals surface area contributed by atoms with Crippen LogP contribution < -0.4 is 5.32 Å². The fourth-order valence-electron chi connectivity index (χ4n) is 1.94. The van der Waals surface area contributed by atoms with Crippen LogP contribution in [0.2, 0.25) is 5.02 Å². The van der Waals surface area contributed by atoms with Crippen molar-refractivity contribution in [2.45, 2.75) is 17.4 Å². The number of hydrogen-bond acceptors (Lipinski definition) is 3. The van der Waals surface area contributed by atoms with Crippen LogP contribution in [0.3, 0.4) is 0 Å². The first-order valence-electron chi connectivity index (χ1n) is 6.62. The van der Waals surface area contributed by atoms with E-state index in [0.717, 1.165) is 0 Å². The van der Waals surface area contributed by atoms with Crippen molar-refractivity contribution in [3.63, 3.8) is 0 Å². The van der Waals surface area contributed by atoms with E-state index < -0.39 is 16.9 Å². The molecule has 0 aliphatic rings. The number of hydrogen-bond donors (Lipinski definition) is 2. The summed E-state index contributed by atoms with van der Waals surface area (Å²) in [5, 5.41) is 13.3. The van der Waals surface area contributed by atoms with E-state index in [1.165, 1.54) is 0 Å². The lowest BCUT2D eigenvalue weighted by Crippen LogP contribution is -2.15. The van der Waals surface area contributed by atoms with Gasteiger partial charge in [-0.1, -0.05) is 29.8 Å². The molecule has 2 aromatic rings. The summed E-state index contributed by atoms with van der Waals surface area (Å²) >= 11 is 5.78. The maximum absolute atomic E-state index is 12.0. The fraction of sp³-hybridized carbons (Fsp3) is 0.188. The highest BCUT2D eigenvalue weighted by molar-refractivity contribution is 7.84. The average molecular weight is 338 g/mol. The van der Waals surface area contributed by atoms with Crippen molar-refractivity contribution in [1.29, 1.82) is 0 Å². The molecular formula is C16H16ClNO3S. The highest BCUT2D eigenvalue weighted by Crippen LogP contribution is 2.20. The highest BCUT2D eigenvalue weighted by Gasteiger charge is 2.13. The van der Waals surface area contributed by atoms with Gasteiger partial charge in [0.1, 0.15) is 0 Å². The van der Waals surface area contributed by atoms with Crippen LogP contribution in [0.5, 0.6) is 0 Å². The lowest BCUT2D eigenvalue weighted by atomic mass is 10.1. The summed E-state index contributed by atoms with van der Waals surface area (Å²) in [6.45, 7) is 0. The van der Waals surface area contributed by atoms with Gasteiger partial charge in [-0.05, 0) is 35.9 Å². The minimum Gasteiger partial charge on any atom is -0.388 e. The Balaban J connectivity index is 1.99. The predicted octanol–water partition coefficient (Wildman–Crippen LogP) is 3.14. The van der Waals surface area contributed by atoms with E-state index in [0.29, 0.717) is 21.2 Å². The largest absolute Gasteiger partial charge is 0.388 e. The number of rotatable bonds is 5. The topological polar surface area (TPSA) is 66.4 Å². The maximum atomic E-state index is 12.0. The number of aliphatic hydroxyl groups excluding tert-OH is 1. The number of carbonyl (C=O) groups excluding carboxylic acids is 1. The van der Waals surface area contributed by atoms with E-state index in [9.17, 15) is 14.1 Å². The van der Waals surface area contributed by atoms with E-state index >= 15 is 0 Å². The molecule has 0 radical (unpaired) electrons. The van der Waals surface area contributed by atoms with Crippen LogP contribution in [-0.2, 0) is 15.6 Å². The van der Waals surface area contributed by atoms with Crippen molar-refractivity contribution in [1.82, 2.24) is 0 Å². The Hall–Kier alpha value is -1.69. The molecule has 1 amide bonds. The van der Waals surface area contributed by atoms with Gasteiger partial charge >= 0.3 is 0 Å². The van der Waals surface area contributed by atoms with Crippen molar-refractivity contribution < 1.29 is 14.1 Å². The molecule has 0 fully saturated rings. The number of aliphatic hydroxyl groups is 1. The maximum Gasteiger partial charge on any atom is 0.227 e. The van der Waals surface area contributed by atoms with Crippen LogP contribution >= 0.6 is 11.6 Å². The van der Waals surface area contributed by atoms with E-state index in [1.807, 2.05) is 0 Å². The molecule has 0 heterocycles. The minimum absolute atomic E-state index is 0.0684. The molecule has 0 bridgehead atoms. The summed E-state index contributed by atoms with van der Waals surface area (Å²) in [6, 6.07) is 13.5. The lowest BCUT2D eigenvalue weighted by molar-refractivity contribution is -0.118. The SMILES string of the molecule is C[S@](=O)c1cccc(NC(=O)C[C@@H](O)c2ccc(Cl)cc2)c1. The molecule has 4 nitrogen and oxygen atoms in total. The lowest BCUT2D eigenvalue weighted by Gasteiger charge is -2.12. The Morgan fingerprint density at radius 2 is 1.95 bits per heavy atom. The highest BCUT2D eigenvalue weighted by atomic mass is 35.5. The molecule has 0 spiro atoms. The molecule has 2 aromatic carbocycles. The second kappa shape index (κ2) is 7.54. The Morgan fingerprint density at radius 1 is 1.27 bits per heavy atom. The van der Waals surface area contributed by atoms with Gasteiger partial charge in [-0.25, -0.2) is 0 Å². The molecule has 0 aromatic heterocycles. The summed E-state index contributed by atoms with van der Waals surface area (Å²) in [6.07, 6.45) is 0.604. The zero-order chi connectivity index (χ0) is 16.1. The van der Waals surface area contributed by atoms with Crippen molar-refractivity contribution in [3.05, 3.63) is 59.1 Å². The number of anilines is 1. The van der Waals surface area contributed by atoms with Crippen molar-refractivity contribution >= 4 is 34.0 Å². The smallest absolute Gasteiger partial charge is 0.227 e. The molecular weight excluding hydrogens is 322 g/mol. The number of halogens is 1. The summed E-state index contributed by atoms with van der Waals surface area (Å²) in [7, 11) is -1.11. The molecule has 0 unspecified atom stereocenters. The third-order valence-electron chi connectivity index (χ3n) is 3.08. The molecule has 0 aliphatic heterocycles. The van der Waals surface area contributed by atoms with Gasteiger partial charge in [-0.15, -0.1) is 0 Å². The van der Waals surface area contributed by atoms with Gasteiger partial charge < -0.3 is 10.4 Å². The van der Waals surface area contributed by atoms with Gasteiger partial charge in [0.05, 0.1) is 12.5 Å². The van der Waals surface area contributed by atoms with E-state index in [4.69, 9.17) is 11.6 Å². The molecule has 6 heteroatoms. The molecule has 2 N–H and O–H groups in total. The van der Waals surface area contributed by atoms with Crippen LogP contribution in [0.25, 0.3) is 0 Å². The quantitative estimate of drug-likeness (QED) is 0.880. The van der Waals surface area contributed by atoms with Crippen LogP contribution in [0, 0.1) is 0 Å². The molecule has 2 atom stereocenters. The summed E-state index contributed by atoms with van der Waals surface area (Å²) < 4.78 is 11.4. The van der Waals surface area contributed by atoms with E-state index in [-0.39, 0.29) is 12.3 Å². The zero-order valence-corrected chi connectivity index (χ0v) is 13.5. The third-order valence-corrected chi connectivity index (χ3v) is 4.25. The van der Waals surface area contributed by atoms with Gasteiger partial charge in [-0.3, -0.25) is 9.00 Å².